The molecule has 4 heterocycles. The van der Waals surface area contributed by atoms with Crippen LogP contribution in [-0.4, -0.2) is 32.9 Å². The molecular weight excluding hydrogens is 272 g/mol. The Bertz CT molecular complexity index is 709. The number of aromatic amines is 1. The van der Waals surface area contributed by atoms with Crippen LogP contribution in [0.15, 0.2) is 48.9 Å². The zero-order valence-electron chi connectivity index (χ0n) is 12.6. The lowest BCUT2D eigenvalue weighted by atomic mass is 9.93. The zero-order chi connectivity index (χ0) is 14.8. The first-order valence-electron chi connectivity index (χ1n) is 7.93. The average molecular weight is 292 g/mol. The first kappa shape index (κ1) is 13.5. The van der Waals surface area contributed by atoms with Gasteiger partial charge in [0.25, 0.3) is 0 Å². The number of H-pyrrole nitrogens is 1. The summed E-state index contributed by atoms with van der Waals surface area (Å²) in [7, 11) is 0. The van der Waals surface area contributed by atoms with Crippen molar-refractivity contribution in [2.45, 2.75) is 25.3 Å². The molecule has 4 nitrogen and oxygen atoms in total. The van der Waals surface area contributed by atoms with E-state index < -0.39 is 0 Å². The summed E-state index contributed by atoms with van der Waals surface area (Å²) in [5.41, 5.74) is 3.71. The number of piperidine rings is 1. The van der Waals surface area contributed by atoms with Gasteiger partial charge in [0.05, 0.1) is 0 Å². The molecule has 0 aliphatic carbocycles. The van der Waals surface area contributed by atoms with E-state index >= 15 is 0 Å². The molecule has 4 heteroatoms. The van der Waals surface area contributed by atoms with Gasteiger partial charge in [-0.25, -0.2) is 4.98 Å². The van der Waals surface area contributed by atoms with Gasteiger partial charge in [0.1, 0.15) is 5.65 Å². The molecule has 112 valence electrons. The molecule has 0 atom stereocenters. The Kier molecular flexibility index (Phi) is 3.60. The maximum absolute atomic E-state index is 4.40. The van der Waals surface area contributed by atoms with E-state index in [1.807, 2.05) is 24.7 Å². The number of aromatic nitrogens is 3. The second kappa shape index (κ2) is 5.89. The van der Waals surface area contributed by atoms with Gasteiger partial charge >= 0.3 is 0 Å². The smallest absolute Gasteiger partial charge is 0.137 e. The van der Waals surface area contributed by atoms with Crippen molar-refractivity contribution >= 4 is 11.0 Å². The number of hydrogen-bond acceptors (Lipinski definition) is 3. The maximum Gasteiger partial charge on any atom is 0.137 e. The van der Waals surface area contributed by atoms with Crippen LogP contribution in [0.1, 0.15) is 30.0 Å². The molecule has 3 aromatic rings. The van der Waals surface area contributed by atoms with Crippen LogP contribution in [0.5, 0.6) is 0 Å². The third-order valence-corrected chi connectivity index (χ3v) is 4.60. The summed E-state index contributed by atoms with van der Waals surface area (Å²) < 4.78 is 0. The van der Waals surface area contributed by atoms with Crippen LogP contribution in [0, 0.1) is 0 Å². The van der Waals surface area contributed by atoms with E-state index in [9.17, 15) is 0 Å². The Labute approximate surface area is 130 Å². The van der Waals surface area contributed by atoms with E-state index in [0.717, 1.165) is 25.3 Å². The van der Waals surface area contributed by atoms with Gasteiger partial charge in [0, 0.05) is 42.1 Å². The number of hydrogen-bond donors (Lipinski definition) is 1. The minimum atomic E-state index is 0.628. The molecule has 1 saturated heterocycles. The predicted octanol–water partition coefficient (Wildman–Crippen LogP) is 3.34. The summed E-state index contributed by atoms with van der Waals surface area (Å²) in [6.07, 6.45) is 8.01. The molecule has 0 radical (unpaired) electrons. The van der Waals surface area contributed by atoms with E-state index in [4.69, 9.17) is 0 Å². The number of nitrogens with zero attached hydrogens (tertiary/aromatic N) is 3. The largest absolute Gasteiger partial charge is 0.343 e. The fourth-order valence-electron chi connectivity index (χ4n) is 3.35. The van der Waals surface area contributed by atoms with Crippen molar-refractivity contribution in [1.29, 1.82) is 0 Å². The fraction of sp³-hybridized carbons (Fsp3) is 0.333. The minimum Gasteiger partial charge on any atom is -0.343 e. The summed E-state index contributed by atoms with van der Waals surface area (Å²) in [4.78, 5) is 14.5. The van der Waals surface area contributed by atoms with E-state index in [0.29, 0.717) is 5.92 Å². The number of fused-ring (bicyclic) bond motifs is 1. The predicted molar refractivity (Wildman–Crippen MR) is 87.6 cm³/mol. The molecule has 4 rings (SSSR count). The van der Waals surface area contributed by atoms with Crippen molar-refractivity contribution in [2.75, 3.05) is 13.1 Å². The highest BCUT2D eigenvalue weighted by Gasteiger charge is 2.22. The Hall–Kier alpha value is -2.20. The van der Waals surface area contributed by atoms with Crippen molar-refractivity contribution in [3.63, 3.8) is 0 Å². The standard InChI is InChI=1S/C18H20N4/c1-2-16-12-17(21-18(16)20-7-1)15-5-10-22(11-6-15)13-14-3-8-19-9-4-14/h1-4,7-9,12,15H,5-6,10-11,13H2,(H,20,21). The Morgan fingerprint density at radius 3 is 2.68 bits per heavy atom. The maximum atomic E-state index is 4.40. The van der Waals surface area contributed by atoms with Crippen LogP contribution >= 0.6 is 0 Å². The minimum absolute atomic E-state index is 0.628. The highest BCUT2D eigenvalue weighted by Crippen LogP contribution is 2.29. The Morgan fingerprint density at radius 2 is 1.91 bits per heavy atom. The molecule has 0 saturated carbocycles. The van der Waals surface area contributed by atoms with Crippen LogP contribution in [0.25, 0.3) is 11.0 Å². The normalized spacial score (nSPS) is 17.1. The second-order valence-electron chi connectivity index (χ2n) is 6.07. The summed E-state index contributed by atoms with van der Waals surface area (Å²) in [6, 6.07) is 10.6. The van der Waals surface area contributed by atoms with Crippen molar-refractivity contribution < 1.29 is 0 Å². The van der Waals surface area contributed by atoms with Crippen LogP contribution in [0.3, 0.4) is 0 Å². The molecule has 1 aliphatic rings. The topological polar surface area (TPSA) is 44.8 Å². The zero-order valence-corrected chi connectivity index (χ0v) is 12.6. The number of nitrogens with one attached hydrogen (secondary N) is 1. The quantitative estimate of drug-likeness (QED) is 0.805. The second-order valence-corrected chi connectivity index (χ2v) is 6.07. The molecule has 0 unspecified atom stereocenters. The lowest BCUT2D eigenvalue weighted by Gasteiger charge is -2.31. The molecule has 22 heavy (non-hydrogen) atoms. The fourth-order valence-corrected chi connectivity index (χ4v) is 3.35. The van der Waals surface area contributed by atoms with Crippen LogP contribution in [-0.2, 0) is 6.54 Å². The van der Waals surface area contributed by atoms with Gasteiger partial charge in [-0.1, -0.05) is 0 Å². The van der Waals surface area contributed by atoms with E-state index in [1.165, 1.54) is 29.5 Å². The van der Waals surface area contributed by atoms with E-state index in [-0.39, 0.29) is 0 Å². The SMILES string of the molecule is c1cnc2[nH]c(C3CCN(Cc4ccncc4)CC3)cc2c1. The Morgan fingerprint density at radius 1 is 1.09 bits per heavy atom. The van der Waals surface area contributed by atoms with Crippen LogP contribution < -0.4 is 0 Å². The molecule has 1 fully saturated rings. The molecule has 0 amide bonds. The number of rotatable bonds is 3. The van der Waals surface area contributed by atoms with Crippen molar-refractivity contribution in [3.05, 3.63) is 60.2 Å². The molecule has 1 aliphatic heterocycles. The number of pyridine rings is 2. The summed E-state index contributed by atoms with van der Waals surface area (Å²) >= 11 is 0. The highest BCUT2D eigenvalue weighted by atomic mass is 15.1. The van der Waals surface area contributed by atoms with Gasteiger partial charge in [-0.05, 0) is 61.8 Å². The molecule has 1 N–H and O–H groups in total. The summed E-state index contributed by atoms with van der Waals surface area (Å²) in [6.45, 7) is 3.33. The van der Waals surface area contributed by atoms with Crippen LogP contribution in [0.4, 0.5) is 0 Å². The number of likely N-dealkylation sites (tertiary alicyclic amines) is 1. The van der Waals surface area contributed by atoms with Gasteiger partial charge in [-0.3, -0.25) is 9.88 Å². The van der Waals surface area contributed by atoms with Gasteiger partial charge < -0.3 is 4.98 Å². The Balaban J connectivity index is 1.41. The monoisotopic (exact) mass is 292 g/mol. The lowest BCUT2D eigenvalue weighted by molar-refractivity contribution is 0.203. The van der Waals surface area contributed by atoms with Gasteiger partial charge in [0.2, 0.25) is 0 Å². The van der Waals surface area contributed by atoms with Crippen molar-refractivity contribution in [2.24, 2.45) is 0 Å². The molecule has 3 aromatic heterocycles. The average Bonchev–Trinajstić information content (AvgIpc) is 3.00. The van der Waals surface area contributed by atoms with E-state index in [2.05, 4.69) is 44.1 Å². The third-order valence-electron chi connectivity index (χ3n) is 4.60. The third kappa shape index (κ3) is 2.74. The van der Waals surface area contributed by atoms with Crippen LogP contribution in [0.2, 0.25) is 0 Å². The van der Waals surface area contributed by atoms with Crippen molar-refractivity contribution in [1.82, 2.24) is 19.9 Å². The molecule has 0 spiro atoms. The van der Waals surface area contributed by atoms with Crippen molar-refractivity contribution in [3.8, 4) is 0 Å². The highest BCUT2D eigenvalue weighted by molar-refractivity contribution is 5.76. The van der Waals surface area contributed by atoms with E-state index in [1.54, 1.807) is 0 Å². The first-order chi connectivity index (χ1) is 10.9. The molecular formula is C18H20N4. The van der Waals surface area contributed by atoms with Gasteiger partial charge in [-0.15, -0.1) is 0 Å². The van der Waals surface area contributed by atoms with Gasteiger partial charge in [0.15, 0.2) is 0 Å². The lowest BCUT2D eigenvalue weighted by Crippen LogP contribution is -2.32. The van der Waals surface area contributed by atoms with Gasteiger partial charge in [-0.2, -0.15) is 0 Å². The molecule has 0 aromatic carbocycles. The summed E-state index contributed by atoms with van der Waals surface area (Å²) in [5, 5.41) is 1.22. The molecule has 0 bridgehead atoms. The summed E-state index contributed by atoms with van der Waals surface area (Å²) in [5.74, 6) is 0.628. The first-order valence-corrected chi connectivity index (χ1v) is 7.93.